The first-order chi connectivity index (χ1) is 10.5. The lowest BCUT2D eigenvalue weighted by molar-refractivity contribution is -0.137. The van der Waals surface area contributed by atoms with Gasteiger partial charge in [-0.15, -0.1) is 10.2 Å². The molecule has 9 nitrogen and oxygen atoms in total. The fraction of sp³-hybridized carbons (Fsp3) is 0.308. The Kier molecular flexibility index (Phi) is 5.02. The topological polar surface area (TPSA) is 119 Å². The zero-order chi connectivity index (χ0) is 15.9. The van der Waals surface area contributed by atoms with E-state index in [4.69, 9.17) is 9.84 Å². The van der Waals surface area contributed by atoms with Crippen LogP contribution in [0, 0.1) is 0 Å². The monoisotopic (exact) mass is 305 g/mol. The molecule has 1 aromatic carbocycles. The highest BCUT2D eigenvalue weighted by Gasteiger charge is 2.23. The highest BCUT2D eigenvalue weighted by Crippen LogP contribution is 2.12. The van der Waals surface area contributed by atoms with Crippen LogP contribution in [-0.2, 0) is 23.2 Å². The standard InChI is InChI=1S/C13H15N5O4/c1-18-16-12(15-17-18)10(7-11(19)20)14-13(21)22-8-9-5-3-2-4-6-9/h2-6,10H,7-8H2,1H3,(H,14,21)(H,19,20). The Morgan fingerprint density at radius 2 is 2.09 bits per heavy atom. The molecule has 1 atom stereocenters. The number of alkyl carbamates (subject to hydrolysis) is 1. The molecule has 22 heavy (non-hydrogen) atoms. The van der Waals surface area contributed by atoms with Crippen LogP contribution >= 0.6 is 0 Å². The fourth-order valence-corrected chi connectivity index (χ4v) is 1.73. The lowest BCUT2D eigenvalue weighted by Crippen LogP contribution is -2.31. The van der Waals surface area contributed by atoms with Crippen molar-refractivity contribution in [2.45, 2.75) is 19.1 Å². The minimum Gasteiger partial charge on any atom is -0.481 e. The van der Waals surface area contributed by atoms with Gasteiger partial charge in [0.05, 0.1) is 13.5 Å². The van der Waals surface area contributed by atoms with Crippen LogP contribution in [0.1, 0.15) is 23.9 Å². The molecule has 1 amide bonds. The number of carboxylic acids is 1. The fourth-order valence-electron chi connectivity index (χ4n) is 1.73. The maximum absolute atomic E-state index is 11.8. The predicted molar refractivity (Wildman–Crippen MR) is 73.6 cm³/mol. The van der Waals surface area contributed by atoms with Gasteiger partial charge in [-0.2, -0.15) is 4.80 Å². The van der Waals surface area contributed by atoms with E-state index in [1.54, 1.807) is 7.05 Å². The number of nitrogens with zero attached hydrogens (tertiary/aromatic N) is 4. The minimum atomic E-state index is -1.10. The second-order valence-electron chi connectivity index (χ2n) is 4.49. The molecule has 1 aromatic heterocycles. The summed E-state index contributed by atoms with van der Waals surface area (Å²) in [5.74, 6) is -0.984. The Morgan fingerprint density at radius 3 is 2.68 bits per heavy atom. The van der Waals surface area contributed by atoms with Crippen LogP contribution in [0.2, 0.25) is 0 Å². The van der Waals surface area contributed by atoms with E-state index in [-0.39, 0.29) is 18.9 Å². The quantitative estimate of drug-likeness (QED) is 0.804. The SMILES string of the molecule is Cn1nnc(C(CC(=O)O)NC(=O)OCc2ccccc2)n1. The molecule has 0 radical (unpaired) electrons. The highest BCUT2D eigenvalue weighted by atomic mass is 16.5. The van der Waals surface area contributed by atoms with Crippen LogP contribution in [0.4, 0.5) is 4.79 Å². The third-order valence-corrected chi connectivity index (χ3v) is 2.72. The van der Waals surface area contributed by atoms with E-state index in [2.05, 4.69) is 20.7 Å². The molecular formula is C13H15N5O4. The van der Waals surface area contributed by atoms with Gasteiger partial charge in [0, 0.05) is 0 Å². The van der Waals surface area contributed by atoms with Gasteiger partial charge in [0.25, 0.3) is 0 Å². The Hall–Kier alpha value is -2.97. The van der Waals surface area contributed by atoms with E-state index in [9.17, 15) is 9.59 Å². The number of rotatable bonds is 6. The van der Waals surface area contributed by atoms with E-state index in [1.807, 2.05) is 30.3 Å². The van der Waals surface area contributed by atoms with Crippen LogP contribution in [0.25, 0.3) is 0 Å². The molecule has 1 heterocycles. The summed E-state index contributed by atoms with van der Waals surface area (Å²) in [5, 5.41) is 22.5. The number of hydrogen-bond donors (Lipinski definition) is 2. The Bertz CT molecular complexity index is 643. The normalized spacial score (nSPS) is 11.7. The number of carbonyl (C=O) groups excluding carboxylic acids is 1. The number of nitrogens with one attached hydrogen (secondary N) is 1. The average Bonchev–Trinajstić information content (AvgIpc) is 2.92. The van der Waals surface area contributed by atoms with E-state index in [1.165, 1.54) is 4.80 Å². The van der Waals surface area contributed by atoms with E-state index < -0.39 is 18.1 Å². The van der Waals surface area contributed by atoms with Crippen molar-refractivity contribution in [1.29, 1.82) is 0 Å². The summed E-state index contributed by atoms with van der Waals surface area (Å²) in [7, 11) is 1.54. The number of amides is 1. The van der Waals surface area contributed by atoms with Crippen molar-refractivity contribution >= 4 is 12.1 Å². The van der Waals surface area contributed by atoms with Gasteiger partial charge in [-0.05, 0) is 10.8 Å². The van der Waals surface area contributed by atoms with Gasteiger partial charge in [-0.25, -0.2) is 4.79 Å². The van der Waals surface area contributed by atoms with Crippen LogP contribution in [0.5, 0.6) is 0 Å². The first kappa shape index (κ1) is 15.4. The molecule has 0 spiro atoms. The number of benzene rings is 1. The lowest BCUT2D eigenvalue weighted by atomic mass is 10.2. The number of aliphatic carboxylic acids is 1. The van der Waals surface area contributed by atoms with Crippen LogP contribution in [0.15, 0.2) is 30.3 Å². The second-order valence-corrected chi connectivity index (χ2v) is 4.49. The number of tetrazole rings is 1. The van der Waals surface area contributed by atoms with Crippen molar-refractivity contribution in [2.75, 3.05) is 0 Å². The molecule has 116 valence electrons. The number of carboxylic acid groups (broad SMARTS) is 1. The summed E-state index contributed by atoms with van der Waals surface area (Å²) in [6.45, 7) is 0.0837. The van der Waals surface area contributed by atoms with Crippen molar-refractivity contribution in [1.82, 2.24) is 25.5 Å². The summed E-state index contributed by atoms with van der Waals surface area (Å²) >= 11 is 0. The van der Waals surface area contributed by atoms with Gasteiger partial charge >= 0.3 is 12.1 Å². The summed E-state index contributed by atoms with van der Waals surface area (Å²) < 4.78 is 5.04. The Balaban J connectivity index is 1.94. The first-order valence-electron chi connectivity index (χ1n) is 6.47. The zero-order valence-electron chi connectivity index (χ0n) is 11.8. The molecule has 1 unspecified atom stereocenters. The molecular weight excluding hydrogens is 290 g/mol. The van der Waals surface area contributed by atoms with Crippen molar-refractivity contribution in [2.24, 2.45) is 7.05 Å². The van der Waals surface area contributed by atoms with Crippen molar-refractivity contribution in [3.8, 4) is 0 Å². The largest absolute Gasteiger partial charge is 0.481 e. The minimum absolute atomic E-state index is 0.0837. The average molecular weight is 305 g/mol. The summed E-state index contributed by atoms with van der Waals surface area (Å²) in [5.41, 5.74) is 0.824. The van der Waals surface area contributed by atoms with Crippen LogP contribution in [-0.4, -0.2) is 37.4 Å². The molecule has 0 bridgehead atoms. The van der Waals surface area contributed by atoms with Gasteiger partial charge in [0.1, 0.15) is 12.6 Å². The van der Waals surface area contributed by atoms with Gasteiger partial charge in [0.15, 0.2) is 5.82 Å². The zero-order valence-corrected chi connectivity index (χ0v) is 11.8. The second kappa shape index (κ2) is 7.16. The van der Waals surface area contributed by atoms with Gasteiger partial charge < -0.3 is 15.2 Å². The van der Waals surface area contributed by atoms with E-state index in [0.29, 0.717) is 0 Å². The Labute approximate surface area is 125 Å². The molecule has 0 saturated heterocycles. The number of carbonyl (C=O) groups is 2. The maximum atomic E-state index is 11.8. The molecule has 0 fully saturated rings. The molecule has 9 heteroatoms. The van der Waals surface area contributed by atoms with Gasteiger partial charge in [0.2, 0.25) is 0 Å². The molecule has 0 aliphatic heterocycles. The molecule has 2 N–H and O–H groups in total. The number of ether oxygens (including phenoxy) is 1. The third-order valence-electron chi connectivity index (χ3n) is 2.72. The predicted octanol–water partition coefficient (Wildman–Crippen LogP) is 0.652. The van der Waals surface area contributed by atoms with Crippen molar-refractivity contribution in [3.05, 3.63) is 41.7 Å². The molecule has 2 aromatic rings. The summed E-state index contributed by atoms with van der Waals surface area (Å²) in [4.78, 5) is 23.8. The highest BCUT2D eigenvalue weighted by molar-refractivity contribution is 5.71. The molecule has 2 rings (SSSR count). The van der Waals surface area contributed by atoms with Gasteiger partial charge in [-0.3, -0.25) is 4.79 Å². The summed E-state index contributed by atoms with van der Waals surface area (Å²) in [6.07, 6.45) is -1.12. The van der Waals surface area contributed by atoms with Crippen LogP contribution in [0.3, 0.4) is 0 Å². The van der Waals surface area contributed by atoms with E-state index in [0.717, 1.165) is 5.56 Å². The number of hydrogen-bond acceptors (Lipinski definition) is 6. The van der Waals surface area contributed by atoms with Gasteiger partial charge in [-0.1, -0.05) is 30.3 Å². The molecule has 0 aliphatic rings. The third kappa shape index (κ3) is 4.54. The first-order valence-corrected chi connectivity index (χ1v) is 6.47. The Morgan fingerprint density at radius 1 is 1.36 bits per heavy atom. The smallest absolute Gasteiger partial charge is 0.408 e. The van der Waals surface area contributed by atoms with E-state index >= 15 is 0 Å². The van der Waals surface area contributed by atoms with Crippen LogP contribution < -0.4 is 5.32 Å². The molecule has 0 saturated carbocycles. The number of aromatic nitrogens is 4. The number of aryl methyl sites for hydroxylation is 1. The van der Waals surface area contributed by atoms with Crippen molar-refractivity contribution in [3.63, 3.8) is 0 Å². The summed E-state index contributed by atoms with van der Waals surface area (Å²) in [6, 6.07) is 8.22. The van der Waals surface area contributed by atoms with Crippen molar-refractivity contribution < 1.29 is 19.4 Å². The molecule has 0 aliphatic carbocycles. The maximum Gasteiger partial charge on any atom is 0.408 e. The lowest BCUT2D eigenvalue weighted by Gasteiger charge is -2.13.